The van der Waals surface area contributed by atoms with Crippen LogP contribution in [0.2, 0.25) is 0 Å². The van der Waals surface area contributed by atoms with Gasteiger partial charge in [-0.25, -0.2) is 4.39 Å². The lowest BCUT2D eigenvalue weighted by molar-refractivity contribution is -0.123. The molecule has 1 heterocycles. The smallest absolute Gasteiger partial charge is 0.239 e. The van der Waals surface area contributed by atoms with E-state index in [0.717, 1.165) is 12.8 Å². The highest BCUT2D eigenvalue weighted by atomic mass is 19.1. The standard InChI is InChI=1S/C20H23FN2O3/c1-25-17-11-14-7-9-23(10-8-15(14)12-18(17)26-2)19(20(22)24)13-3-5-16(21)6-4-13/h3-6,11-12,19H,7-10H2,1-2H3,(H2,22,24). The number of carbonyl (C=O) groups is 1. The fourth-order valence-electron chi connectivity index (χ4n) is 3.53. The summed E-state index contributed by atoms with van der Waals surface area (Å²) in [5, 5.41) is 0. The van der Waals surface area contributed by atoms with Crippen LogP contribution in [0, 0.1) is 5.82 Å². The molecule has 6 heteroatoms. The lowest BCUT2D eigenvalue weighted by Gasteiger charge is -2.28. The van der Waals surface area contributed by atoms with Crippen LogP contribution < -0.4 is 15.2 Å². The van der Waals surface area contributed by atoms with Gasteiger partial charge in [0.05, 0.1) is 14.2 Å². The fraction of sp³-hybridized carbons (Fsp3) is 0.350. The van der Waals surface area contributed by atoms with Crippen LogP contribution in [0.5, 0.6) is 11.5 Å². The molecule has 5 nitrogen and oxygen atoms in total. The van der Waals surface area contributed by atoms with E-state index >= 15 is 0 Å². The van der Waals surface area contributed by atoms with Gasteiger partial charge in [0, 0.05) is 13.1 Å². The Morgan fingerprint density at radius 1 is 1.04 bits per heavy atom. The normalized spacial score (nSPS) is 15.7. The van der Waals surface area contributed by atoms with Gasteiger partial charge in [0.1, 0.15) is 11.9 Å². The predicted octanol–water partition coefficient (Wildman–Crippen LogP) is 2.47. The average molecular weight is 358 g/mol. The number of benzene rings is 2. The lowest BCUT2D eigenvalue weighted by atomic mass is 10.0. The van der Waals surface area contributed by atoms with Crippen LogP contribution in [0.15, 0.2) is 36.4 Å². The van der Waals surface area contributed by atoms with Crippen molar-refractivity contribution < 1.29 is 18.7 Å². The maximum absolute atomic E-state index is 13.2. The van der Waals surface area contributed by atoms with E-state index in [1.54, 1.807) is 26.4 Å². The third-order valence-corrected chi connectivity index (χ3v) is 4.86. The summed E-state index contributed by atoms with van der Waals surface area (Å²) < 4.78 is 24.0. The highest BCUT2D eigenvalue weighted by Gasteiger charge is 2.28. The molecule has 3 rings (SSSR count). The molecule has 0 spiro atoms. The summed E-state index contributed by atoms with van der Waals surface area (Å²) in [6, 6.07) is 9.36. The number of methoxy groups -OCH3 is 2. The largest absolute Gasteiger partial charge is 0.493 e. The first-order valence-electron chi connectivity index (χ1n) is 8.56. The van der Waals surface area contributed by atoms with Crippen LogP contribution in [-0.4, -0.2) is 38.1 Å². The zero-order valence-electron chi connectivity index (χ0n) is 15.0. The molecule has 0 radical (unpaired) electrons. The fourth-order valence-corrected chi connectivity index (χ4v) is 3.53. The Labute approximate surface area is 152 Å². The van der Waals surface area contributed by atoms with Crippen molar-refractivity contribution in [1.29, 1.82) is 0 Å². The number of nitrogens with zero attached hydrogens (tertiary/aromatic N) is 1. The lowest BCUT2D eigenvalue weighted by Crippen LogP contribution is -2.39. The van der Waals surface area contributed by atoms with Gasteiger partial charge in [-0.2, -0.15) is 0 Å². The Morgan fingerprint density at radius 2 is 1.54 bits per heavy atom. The van der Waals surface area contributed by atoms with Crippen molar-refractivity contribution >= 4 is 5.91 Å². The molecule has 2 aromatic carbocycles. The van der Waals surface area contributed by atoms with Crippen molar-refractivity contribution in [3.63, 3.8) is 0 Å². The van der Waals surface area contributed by atoms with Crippen molar-refractivity contribution in [3.8, 4) is 11.5 Å². The summed E-state index contributed by atoms with van der Waals surface area (Å²) >= 11 is 0. The van der Waals surface area contributed by atoms with Crippen molar-refractivity contribution in [2.75, 3.05) is 27.3 Å². The van der Waals surface area contributed by atoms with E-state index < -0.39 is 11.9 Å². The number of hydrogen-bond donors (Lipinski definition) is 1. The molecule has 0 aromatic heterocycles. The summed E-state index contributed by atoms with van der Waals surface area (Å²) in [6.07, 6.45) is 1.53. The van der Waals surface area contributed by atoms with Gasteiger partial charge in [-0.1, -0.05) is 12.1 Å². The van der Waals surface area contributed by atoms with Crippen LogP contribution >= 0.6 is 0 Å². The average Bonchev–Trinajstić information content (AvgIpc) is 2.84. The monoisotopic (exact) mass is 358 g/mol. The highest BCUT2D eigenvalue weighted by Crippen LogP contribution is 2.33. The minimum absolute atomic E-state index is 0.334. The minimum atomic E-state index is -0.575. The number of halogens is 1. The Balaban J connectivity index is 1.86. The predicted molar refractivity (Wildman–Crippen MR) is 96.9 cm³/mol. The maximum Gasteiger partial charge on any atom is 0.239 e. The maximum atomic E-state index is 13.2. The molecular formula is C20H23FN2O3. The second kappa shape index (κ2) is 7.74. The molecule has 1 aliphatic rings. The summed E-state index contributed by atoms with van der Waals surface area (Å²) in [7, 11) is 3.23. The Hall–Kier alpha value is -2.60. The molecular weight excluding hydrogens is 335 g/mol. The molecule has 2 aromatic rings. The molecule has 0 fully saturated rings. The molecule has 1 amide bonds. The highest BCUT2D eigenvalue weighted by molar-refractivity contribution is 5.81. The first kappa shape index (κ1) is 18.2. The summed E-state index contributed by atoms with van der Waals surface area (Å²) in [5.74, 6) is 0.631. The zero-order valence-corrected chi connectivity index (χ0v) is 15.0. The number of nitrogens with two attached hydrogens (primary N) is 1. The van der Waals surface area contributed by atoms with Gasteiger partial charge in [-0.15, -0.1) is 0 Å². The zero-order chi connectivity index (χ0) is 18.7. The summed E-state index contributed by atoms with van der Waals surface area (Å²) in [4.78, 5) is 14.2. The second-order valence-corrected chi connectivity index (χ2v) is 6.37. The van der Waals surface area contributed by atoms with Crippen LogP contribution in [0.3, 0.4) is 0 Å². The van der Waals surface area contributed by atoms with E-state index in [0.29, 0.717) is 30.2 Å². The topological polar surface area (TPSA) is 64.8 Å². The first-order chi connectivity index (χ1) is 12.5. The van der Waals surface area contributed by atoms with Crippen molar-refractivity contribution in [1.82, 2.24) is 4.90 Å². The molecule has 1 unspecified atom stereocenters. The third kappa shape index (κ3) is 3.65. The van der Waals surface area contributed by atoms with Crippen molar-refractivity contribution in [2.45, 2.75) is 18.9 Å². The second-order valence-electron chi connectivity index (χ2n) is 6.37. The van der Waals surface area contributed by atoms with Crippen LogP contribution in [0.25, 0.3) is 0 Å². The molecule has 138 valence electrons. The van der Waals surface area contributed by atoms with Gasteiger partial charge in [0.15, 0.2) is 11.5 Å². The SMILES string of the molecule is COc1cc2c(cc1OC)CCN(C(C(N)=O)c1ccc(F)cc1)CC2. The van der Waals surface area contributed by atoms with Gasteiger partial charge < -0.3 is 15.2 Å². The molecule has 0 saturated carbocycles. The molecule has 0 bridgehead atoms. The number of carbonyl (C=O) groups excluding carboxylic acids is 1. The van der Waals surface area contributed by atoms with Crippen molar-refractivity contribution in [2.24, 2.45) is 5.73 Å². The van der Waals surface area contributed by atoms with Crippen molar-refractivity contribution in [3.05, 3.63) is 58.9 Å². The number of hydrogen-bond acceptors (Lipinski definition) is 4. The van der Waals surface area contributed by atoms with Gasteiger partial charge in [-0.3, -0.25) is 9.69 Å². The number of primary amides is 1. The summed E-state index contributed by atoms with van der Waals surface area (Å²) in [6.45, 7) is 1.35. The van der Waals surface area contributed by atoms with Gasteiger partial charge >= 0.3 is 0 Å². The van der Waals surface area contributed by atoms with Gasteiger partial charge in [-0.05, 0) is 53.8 Å². The van der Waals surface area contributed by atoms with Gasteiger partial charge in [0.25, 0.3) is 0 Å². The summed E-state index contributed by atoms with van der Waals surface area (Å²) in [5.41, 5.74) is 8.73. The molecule has 1 atom stereocenters. The van der Waals surface area contributed by atoms with Crippen LogP contribution in [0.1, 0.15) is 22.7 Å². The third-order valence-electron chi connectivity index (χ3n) is 4.86. The number of rotatable bonds is 5. The molecule has 26 heavy (non-hydrogen) atoms. The number of amides is 1. The van der Waals surface area contributed by atoms with E-state index in [-0.39, 0.29) is 5.82 Å². The van der Waals surface area contributed by atoms with E-state index in [4.69, 9.17) is 15.2 Å². The van der Waals surface area contributed by atoms with E-state index in [1.807, 2.05) is 12.1 Å². The first-order valence-corrected chi connectivity index (χ1v) is 8.56. The van der Waals surface area contributed by atoms with Gasteiger partial charge in [0.2, 0.25) is 5.91 Å². The molecule has 0 saturated heterocycles. The Morgan fingerprint density at radius 3 is 1.96 bits per heavy atom. The Kier molecular flexibility index (Phi) is 5.42. The number of fused-ring (bicyclic) bond motifs is 1. The van der Waals surface area contributed by atoms with Crippen LogP contribution in [0.4, 0.5) is 4.39 Å². The molecule has 0 aliphatic carbocycles. The quantitative estimate of drug-likeness (QED) is 0.892. The molecule has 1 aliphatic heterocycles. The van der Waals surface area contributed by atoms with Crippen LogP contribution in [-0.2, 0) is 17.6 Å². The van der Waals surface area contributed by atoms with E-state index in [1.165, 1.54) is 23.3 Å². The van der Waals surface area contributed by atoms with E-state index in [9.17, 15) is 9.18 Å². The van der Waals surface area contributed by atoms with E-state index in [2.05, 4.69) is 4.90 Å². The molecule has 2 N–H and O–H groups in total. The number of ether oxygens (including phenoxy) is 2. The minimum Gasteiger partial charge on any atom is -0.493 e. The Bertz CT molecular complexity index is 757.